The lowest BCUT2D eigenvalue weighted by molar-refractivity contribution is -0.141. The van der Waals surface area contributed by atoms with Crippen LogP contribution in [0.2, 0.25) is 0 Å². The van der Waals surface area contributed by atoms with Gasteiger partial charge in [-0.1, -0.05) is 6.07 Å². The summed E-state index contributed by atoms with van der Waals surface area (Å²) in [6, 6.07) is 7.33. The Morgan fingerprint density at radius 3 is 2.66 bits per heavy atom. The van der Waals surface area contributed by atoms with Gasteiger partial charge in [0.2, 0.25) is 0 Å². The topological polar surface area (TPSA) is 81.4 Å². The van der Waals surface area contributed by atoms with Gasteiger partial charge < -0.3 is 0 Å². The average molecular weight is 398 g/mol. The maximum absolute atomic E-state index is 13.4. The Morgan fingerprint density at radius 1 is 1.10 bits per heavy atom. The van der Waals surface area contributed by atoms with Crippen LogP contribution in [0.1, 0.15) is 11.4 Å². The van der Waals surface area contributed by atoms with Crippen molar-refractivity contribution in [1.82, 2.24) is 29.5 Å². The van der Waals surface area contributed by atoms with Crippen LogP contribution in [0.3, 0.4) is 0 Å². The fourth-order valence-electron chi connectivity index (χ4n) is 3.65. The van der Waals surface area contributed by atoms with E-state index in [0.717, 1.165) is 6.07 Å². The predicted molar refractivity (Wildman–Crippen MR) is 101 cm³/mol. The highest BCUT2D eigenvalue weighted by Gasteiger charge is 2.33. The standard InChI is InChI=1S/C19H13F3N6O/c1-9-15-12(25-24-9)4-3-5-13(15)28-17-10(6-7-14(23-17)19(20,21)22)11-8-27(2)26-16(11)18(28)29/h3-8H,1-2H3,(H,24,25). The molecule has 1 N–H and O–H groups in total. The van der Waals surface area contributed by atoms with E-state index in [4.69, 9.17) is 0 Å². The Hall–Kier alpha value is -3.69. The summed E-state index contributed by atoms with van der Waals surface area (Å²) in [5.74, 6) is 0. The van der Waals surface area contributed by atoms with Gasteiger partial charge in [0.05, 0.1) is 11.2 Å². The van der Waals surface area contributed by atoms with Crippen molar-refractivity contribution in [3.8, 4) is 5.69 Å². The lowest BCUT2D eigenvalue weighted by Gasteiger charge is -2.13. The first-order chi connectivity index (χ1) is 13.8. The van der Waals surface area contributed by atoms with Crippen LogP contribution in [-0.2, 0) is 13.2 Å². The lowest BCUT2D eigenvalue weighted by Crippen LogP contribution is -2.21. The molecule has 146 valence electrons. The third-order valence-corrected chi connectivity index (χ3v) is 4.88. The number of hydrogen-bond acceptors (Lipinski definition) is 4. The molecule has 4 aromatic heterocycles. The molecule has 0 radical (unpaired) electrons. The summed E-state index contributed by atoms with van der Waals surface area (Å²) in [5.41, 5.74) is 0.114. The molecule has 29 heavy (non-hydrogen) atoms. The largest absolute Gasteiger partial charge is 0.433 e. The van der Waals surface area contributed by atoms with Crippen molar-refractivity contribution in [2.75, 3.05) is 0 Å². The Bertz CT molecular complexity index is 1490. The molecule has 7 nitrogen and oxygen atoms in total. The summed E-state index contributed by atoms with van der Waals surface area (Å²) in [6.45, 7) is 1.78. The first kappa shape index (κ1) is 17.4. The third-order valence-electron chi connectivity index (χ3n) is 4.88. The van der Waals surface area contributed by atoms with Crippen LogP contribution < -0.4 is 5.56 Å². The molecule has 5 aromatic rings. The highest BCUT2D eigenvalue weighted by molar-refractivity contribution is 6.04. The molecule has 4 heterocycles. The molecule has 0 saturated heterocycles. The molecule has 0 unspecified atom stereocenters. The van der Waals surface area contributed by atoms with Crippen molar-refractivity contribution in [3.05, 3.63) is 58.3 Å². The number of aromatic nitrogens is 6. The van der Waals surface area contributed by atoms with Crippen LogP contribution in [0, 0.1) is 6.92 Å². The minimum atomic E-state index is -4.64. The van der Waals surface area contributed by atoms with E-state index in [2.05, 4.69) is 20.3 Å². The van der Waals surface area contributed by atoms with Gasteiger partial charge >= 0.3 is 6.18 Å². The van der Waals surface area contributed by atoms with Gasteiger partial charge in [-0.2, -0.15) is 23.4 Å². The first-order valence-electron chi connectivity index (χ1n) is 8.66. The smallest absolute Gasteiger partial charge is 0.282 e. The SMILES string of the molecule is Cc1[nH]nc2cccc(-n3c(=O)c4nn(C)cc4c4ccc(C(F)(F)F)nc43)c12. The maximum atomic E-state index is 13.4. The van der Waals surface area contributed by atoms with Crippen LogP contribution >= 0.6 is 0 Å². The number of fused-ring (bicyclic) bond motifs is 4. The zero-order valence-electron chi connectivity index (χ0n) is 15.2. The summed E-state index contributed by atoms with van der Waals surface area (Å²) in [7, 11) is 1.65. The van der Waals surface area contributed by atoms with Crippen molar-refractivity contribution in [2.45, 2.75) is 13.1 Å². The van der Waals surface area contributed by atoms with Crippen LogP contribution in [0.4, 0.5) is 13.2 Å². The van der Waals surface area contributed by atoms with Crippen molar-refractivity contribution < 1.29 is 13.2 Å². The fraction of sp³-hybridized carbons (Fsp3) is 0.158. The molecular weight excluding hydrogens is 385 g/mol. The second-order valence-corrected chi connectivity index (χ2v) is 6.79. The van der Waals surface area contributed by atoms with Gasteiger partial charge in [0.25, 0.3) is 5.56 Å². The highest BCUT2D eigenvalue weighted by Crippen LogP contribution is 2.32. The molecule has 0 atom stereocenters. The summed E-state index contributed by atoms with van der Waals surface area (Å²) in [4.78, 5) is 17.2. The van der Waals surface area contributed by atoms with Crippen LogP contribution in [0.5, 0.6) is 0 Å². The number of halogens is 3. The average Bonchev–Trinajstić information content (AvgIpc) is 3.24. The Labute approximate surface area is 160 Å². The maximum Gasteiger partial charge on any atom is 0.433 e. The van der Waals surface area contributed by atoms with Gasteiger partial charge in [-0.15, -0.1) is 0 Å². The van der Waals surface area contributed by atoms with Gasteiger partial charge in [-0.05, 0) is 31.2 Å². The summed E-state index contributed by atoms with van der Waals surface area (Å²) < 4.78 is 42.7. The number of nitrogens with zero attached hydrogens (tertiary/aromatic N) is 5. The third kappa shape index (κ3) is 2.45. The zero-order valence-corrected chi connectivity index (χ0v) is 15.2. The molecule has 0 bridgehead atoms. The van der Waals surface area contributed by atoms with E-state index < -0.39 is 17.4 Å². The monoisotopic (exact) mass is 398 g/mol. The molecule has 0 aliphatic rings. The molecule has 0 spiro atoms. The van der Waals surface area contributed by atoms with Crippen LogP contribution in [0.25, 0.3) is 38.5 Å². The van der Waals surface area contributed by atoms with Gasteiger partial charge in [-0.3, -0.25) is 19.1 Å². The molecule has 5 rings (SSSR count). The summed E-state index contributed by atoms with van der Waals surface area (Å²) in [5, 5.41) is 12.7. The first-order valence-corrected chi connectivity index (χ1v) is 8.66. The van der Waals surface area contributed by atoms with Crippen LogP contribution in [0.15, 0.2) is 41.3 Å². The Kier molecular flexibility index (Phi) is 3.40. The Morgan fingerprint density at radius 2 is 1.90 bits per heavy atom. The molecule has 0 fully saturated rings. The molecule has 10 heteroatoms. The van der Waals surface area contributed by atoms with E-state index >= 15 is 0 Å². The predicted octanol–water partition coefficient (Wildman–Crippen LogP) is 3.48. The fourth-order valence-corrected chi connectivity index (χ4v) is 3.65. The van der Waals surface area contributed by atoms with Crippen LogP contribution in [-0.4, -0.2) is 29.5 Å². The number of rotatable bonds is 1. The van der Waals surface area contributed by atoms with E-state index in [1.165, 1.54) is 15.3 Å². The number of aromatic amines is 1. The molecule has 0 saturated carbocycles. The van der Waals surface area contributed by atoms with E-state index in [0.29, 0.717) is 33.1 Å². The zero-order chi connectivity index (χ0) is 20.5. The normalized spacial score (nSPS) is 12.4. The quantitative estimate of drug-likeness (QED) is 0.469. The molecule has 0 amide bonds. The minimum Gasteiger partial charge on any atom is -0.282 e. The molecular formula is C19H13F3N6O. The van der Waals surface area contributed by atoms with Gasteiger partial charge in [-0.25, -0.2) is 4.98 Å². The minimum absolute atomic E-state index is 0.0848. The van der Waals surface area contributed by atoms with Crippen molar-refractivity contribution >= 4 is 32.8 Å². The van der Waals surface area contributed by atoms with E-state index in [-0.39, 0.29) is 11.2 Å². The van der Waals surface area contributed by atoms with Gasteiger partial charge in [0, 0.05) is 35.1 Å². The lowest BCUT2D eigenvalue weighted by atomic mass is 10.1. The second-order valence-electron chi connectivity index (χ2n) is 6.79. The number of alkyl halides is 3. The molecule has 0 aliphatic heterocycles. The molecule has 0 aliphatic carbocycles. The number of H-pyrrole nitrogens is 1. The van der Waals surface area contributed by atoms with Crippen molar-refractivity contribution in [1.29, 1.82) is 0 Å². The van der Waals surface area contributed by atoms with Crippen molar-refractivity contribution in [3.63, 3.8) is 0 Å². The number of benzene rings is 1. The van der Waals surface area contributed by atoms with Gasteiger partial charge in [0.1, 0.15) is 11.3 Å². The second kappa shape index (κ2) is 5.66. The number of nitrogens with one attached hydrogen (secondary N) is 1. The van der Waals surface area contributed by atoms with Crippen molar-refractivity contribution in [2.24, 2.45) is 7.05 Å². The highest BCUT2D eigenvalue weighted by atomic mass is 19.4. The van der Waals surface area contributed by atoms with E-state index in [9.17, 15) is 18.0 Å². The molecule has 1 aromatic carbocycles. The number of hydrogen-bond donors (Lipinski definition) is 1. The van der Waals surface area contributed by atoms with Gasteiger partial charge in [0.15, 0.2) is 5.52 Å². The summed E-state index contributed by atoms with van der Waals surface area (Å²) >= 11 is 0. The number of aryl methyl sites for hydroxylation is 2. The number of pyridine rings is 2. The Balaban J connectivity index is 2.03. The summed E-state index contributed by atoms with van der Waals surface area (Å²) in [6.07, 6.45) is -3.04. The van der Waals surface area contributed by atoms with E-state index in [1.54, 1.807) is 38.4 Å². The van der Waals surface area contributed by atoms with E-state index in [1.807, 2.05) is 0 Å².